The van der Waals surface area contributed by atoms with Crippen molar-refractivity contribution in [1.82, 2.24) is 9.88 Å². The van der Waals surface area contributed by atoms with E-state index in [2.05, 4.69) is 11.1 Å². The number of likely N-dealkylation sites (tertiary alicyclic amines) is 1. The minimum Gasteiger partial charge on any atom is -0.373 e. The first kappa shape index (κ1) is 18.8. The third kappa shape index (κ3) is 4.41. The second-order valence-electron chi connectivity index (χ2n) is 6.11. The lowest BCUT2D eigenvalue weighted by Crippen LogP contribution is -2.39. The van der Waals surface area contributed by atoms with E-state index in [1.165, 1.54) is 17.6 Å². The first-order chi connectivity index (χ1) is 12.6. The SMILES string of the molecule is N#CC(c1scnc1C(F)F)N1CCC(OCc2cccc(F)c2)CC1. The van der Waals surface area contributed by atoms with Crippen LogP contribution < -0.4 is 0 Å². The van der Waals surface area contributed by atoms with Crippen LogP contribution in [0.3, 0.4) is 0 Å². The van der Waals surface area contributed by atoms with Crippen molar-refractivity contribution in [3.8, 4) is 6.07 Å². The van der Waals surface area contributed by atoms with Crippen molar-refractivity contribution in [3.63, 3.8) is 0 Å². The maximum absolute atomic E-state index is 13.2. The standard InChI is InChI=1S/C18H18F3N3OS/c19-13-3-1-2-12(8-13)10-25-14-4-6-24(7-5-14)15(9-22)17-16(18(20)21)23-11-26-17/h1-3,8,11,14-15,18H,4-7,10H2. The van der Waals surface area contributed by atoms with E-state index in [9.17, 15) is 18.4 Å². The molecule has 1 saturated heterocycles. The van der Waals surface area contributed by atoms with E-state index < -0.39 is 12.5 Å². The van der Waals surface area contributed by atoms with Crippen molar-refractivity contribution in [2.75, 3.05) is 13.1 Å². The zero-order chi connectivity index (χ0) is 18.5. The topological polar surface area (TPSA) is 49.2 Å². The third-order valence-electron chi connectivity index (χ3n) is 4.42. The molecule has 4 nitrogen and oxygen atoms in total. The predicted molar refractivity (Wildman–Crippen MR) is 91.2 cm³/mol. The molecule has 0 aliphatic carbocycles. The highest BCUT2D eigenvalue weighted by atomic mass is 32.1. The van der Waals surface area contributed by atoms with Crippen LogP contribution in [-0.4, -0.2) is 29.1 Å². The fourth-order valence-corrected chi connectivity index (χ4v) is 3.95. The molecule has 2 aromatic rings. The summed E-state index contributed by atoms with van der Waals surface area (Å²) in [6, 6.07) is 7.69. The molecule has 1 atom stereocenters. The van der Waals surface area contributed by atoms with Gasteiger partial charge in [0.1, 0.15) is 17.6 Å². The molecule has 1 unspecified atom stereocenters. The van der Waals surface area contributed by atoms with E-state index in [4.69, 9.17) is 4.74 Å². The Bertz CT molecular complexity index is 769. The summed E-state index contributed by atoms with van der Waals surface area (Å²) in [5.41, 5.74) is 1.83. The van der Waals surface area contributed by atoms with E-state index in [1.54, 1.807) is 12.1 Å². The first-order valence-electron chi connectivity index (χ1n) is 8.29. The summed E-state index contributed by atoms with van der Waals surface area (Å²) >= 11 is 1.09. The van der Waals surface area contributed by atoms with Gasteiger partial charge in [0.05, 0.1) is 29.2 Å². The summed E-state index contributed by atoms with van der Waals surface area (Å²) in [5, 5.41) is 9.48. The van der Waals surface area contributed by atoms with Crippen molar-refractivity contribution in [3.05, 3.63) is 51.7 Å². The molecule has 3 rings (SSSR count). The number of hydrogen-bond donors (Lipinski definition) is 0. The molecule has 0 bridgehead atoms. The molecule has 2 heterocycles. The van der Waals surface area contributed by atoms with E-state index in [-0.39, 0.29) is 17.6 Å². The molecule has 1 aromatic carbocycles. The number of aromatic nitrogens is 1. The van der Waals surface area contributed by atoms with Crippen molar-refractivity contribution in [2.24, 2.45) is 0 Å². The van der Waals surface area contributed by atoms with Gasteiger partial charge in [0.2, 0.25) is 0 Å². The van der Waals surface area contributed by atoms with Crippen LogP contribution in [0.1, 0.15) is 41.4 Å². The molecule has 1 aliphatic rings. The van der Waals surface area contributed by atoms with E-state index in [0.29, 0.717) is 37.4 Å². The molecule has 1 fully saturated rings. The summed E-state index contributed by atoms with van der Waals surface area (Å²) in [7, 11) is 0. The number of nitriles is 1. The average Bonchev–Trinajstić information content (AvgIpc) is 3.11. The number of thiazole rings is 1. The number of benzene rings is 1. The maximum atomic E-state index is 13.2. The summed E-state index contributed by atoms with van der Waals surface area (Å²) in [4.78, 5) is 5.91. The van der Waals surface area contributed by atoms with Gasteiger partial charge in [-0.05, 0) is 30.5 Å². The van der Waals surface area contributed by atoms with E-state index in [1.807, 2.05) is 4.90 Å². The summed E-state index contributed by atoms with van der Waals surface area (Å²) in [6.45, 7) is 1.48. The Kier molecular flexibility index (Phi) is 6.25. The first-order valence-corrected chi connectivity index (χ1v) is 9.17. The smallest absolute Gasteiger partial charge is 0.281 e. The zero-order valence-electron chi connectivity index (χ0n) is 13.9. The Morgan fingerprint density at radius 3 is 2.77 bits per heavy atom. The lowest BCUT2D eigenvalue weighted by molar-refractivity contribution is -0.00706. The van der Waals surface area contributed by atoms with Crippen LogP contribution in [0, 0.1) is 17.1 Å². The van der Waals surface area contributed by atoms with Gasteiger partial charge < -0.3 is 4.74 Å². The van der Waals surface area contributed by atoms with Crippen LogP contribution in [0.5, 0.6) is 0 Å². The molecule has 1 aromatic heterocycles. The second-order valence-corrected chi connectivity index (χ2v) is 7.00. The number of ether oxygens (including phenoxy) is 1. The molecule has 0 amide bonds. The quantitative estimate of drug-likeness (QED) is 0.741. The Morgan fingerprint density at radius 1 is 1.35 bits per heavy atom. The monoisotopic (exact) mass is 381 g/mol. The Hall–Kier alpha value is -1.95. The number of hydrogen-bond acceptors (Lipinski definition) is 5. The molecule has 0 radical (unpaired) electrons. The van der Waals surface area contributed by atoms with Crippen LogP contribution in [0.2, 0.25) is 0 Å². The van der Waals surface area contributed by atoms with Crippen molar-refractivity contribution >= 4 is 11.3 Å². The van der Waals surface area contributed by atoms with Crippen molar-refractivity contribution in [2.45, 2.75) is 38.0 Å². The minimum absolute atomic E-state index is 0.00453. The molecule has 1 aliphatic heterocycles. The fraction of sp³-hybridized carbons (Fsp3) is 0.444. The fourth-order valence-electron chi connectivity index (χ4n) is 3.08. The van der Waals surface area contributed by atoms with Crippen LogP contribution >= 0.6 is 11.3 Å². The van der Waals surface area contributed by atoms with Gasteiger partial charge in [0.25, 0.3) is 6.43 Å². The van der Waals surface area contributed by atoms with Crippen molar-refractivity contribution in [1.29, 1.82) is 5.26 Å². The molecule has 0 spiro atoms. The van der Waals surface area contributed by atoms with Gasteiger partial charge in [-0.1, -0.05) is 12.1 Å². The lowest BCUT2D eigenvalue weighted by Gasteiger charge is -2.34. The van der Waals surface area contributed by atoms with Crippen molar-refractivity contribution < 1.29 is 17.9 Å². The molecule has 0 N–H and O–H groups in total. The largest absolute Gasteiger partial charge is 0.373 e. The molecular weight excluding hydrogens is 363 g/mol. The normalized spacial score (nSPS) is 17.3. The molecule has 8 heteroatoms. The van der Waals surface area contributed by atoms with Crippen LogP contribution in [0.4, 0.5) is 13.2 Å². The summed E-state index contributed by atoms with van der Waals surface area (Å²) < 4.78 is 45.1. The van der Waals surface area contributed by atoms with E-state index in [0.717, 1.165) is 16.9 Å². The molecule has 26 heavy (non-hydrogen) atoms. The Morgan fingerprint density at radius 2 is 2.12 bits per heavy atom. The highest BCUT2D eigenvalue weighted by Crippen LogP contribution is 2.34. The second kappa shape index (κ2) is 8.62. The van der Waals surface area contributed by atoms with Gasteiger partial charge in [-0.3, -0.25) is 4.90 Å². The van der Waals surface area contributed by atoms with Gasteiger partial charge in [0.15, 0.2) is 0 Å². The number of halogens is 3. The van der Waals surface area contributed by atoms with Gasteiger partial charge in [-0.25, -0.2) is 18.2 Å². The van der Waals surface area contributed by atoms with Gasteiger partial charge in [0, 0.05) is 13.1 Å². The minimum atomic E-state index is -2.68. The number of nitrogens with zero attached hydrogens (tertiary/aromatic N) is 3. The number of piperidine rings is 1. The summed E-state index contributed by atoms with van der Waals surface area (Å²) in [5.74, 6) is -0.294. The maximum Gasteiger partial charge on any atom is 0.281 e. The number of alkyl halides is 2. The third-order valence-corrected chi connectivity index (χ3v) is 5.31. The Balaban J connectivity index is 1.55. The zero-order valence-corrected chi connectivity index (χ0v) is 14.8. The van der Waals surface area contributed by atoms with Crippen LogP contribution in [-0.2, 0) is 11.3 Å². The summed E-state index contributed by atoms with van der Waals surface area (Å²) in [6.07, 6.45) is -1.30. The van der Waals surface area contributed by atoms with Gasteiger partial charge >= 0.3 is 0 Å². The highest BCUT2D eigenvalue weighted by molar-refractivity contribution is 7.09. The Labute approximate surface area is 153 Å². The average molecular weight is 381 g/mol. The predicted octanol–water partition coefficient (Wildman–Crippen LogP) is 4.47. The lowest BCUT2D eigenvalue weighted by atomic mass is 10.0. The molecule has 0 saturated carbocycles. The van der Waals surface area contributed by atoms with Crippen LogP contribution in [0.15, 0.2) is 29.8 Å². The van der Waals surface area contributed by atoms with Gasteiger partial charge in [-0.15, -0.1) is 11.3 Å². The van der Waals surface area contributed by atoms with Crippen LogP contribution in [0.25, 0.3) is 0 Å². The highest BCUT2D eigenvalue weighted by Gasteiger charge is 2.31. The van der Waals surface area contributed by atoms with Gasteiger partial charge in [-0.2, -0.15) is 5.26 Å². The molecular formula is C18H18F3N3OS. The van der Waals surface area contributed by atoms with E-state index >= 15 is 0 Å². The number of rotatable bonds is 6. The molecule has 138 valence electrons.